The molecule has 2 aromatic rings. The molecule has 0 saturated heterocycles. The van der Waals surface area contributed by atoms with Crippen molar-refractivity contribution >= 4 is 25.7 Å². The minimum Gasteiger partial charge on any atom is -0.280 e. The highest BCUT2D eigenvalue weighted by molar-refractivity contribution is 7.92. The van der Waals surface area contributed by atoms with Gasteiger partial charge in [-0.1, -0.05) is 24.6 Å². The predicted molar refractivity (Wildman–Crippen MR) is 112 cm³/mol. The third-order valence-corrected chi connectivity index (χ3v) is 9.22. The van der Waals surface area contributed by atoms with Crippen LogP contribution in [-0.4, -0.2) is 22.9 Å². The van der Waals surface area contributed by atoms with E-state index in [2.05, 4.69) is 9.44 Å². The van der Waals surface area contributed by atoms with Gasteiger partial charge in [0.1, 0.15) is 0 Å². The van der Waals surface area contributed by atoms with E-state index in [-0.39, 0.29) is 15.8 Å². The van der Waals surface area contributed by atoms with Crippen LogP contribution in [0, 0.1) is 17.8 Å². The van der Waals surface area contributed by atoms with Gasteiger partial charge in [-0.25, -0.2) is 21.6 Å². The Kier molecular flexibility index (Phi) is 5.44. The second kappa shape index (κ2) is 7.74. The topological polar surface area (TPSA) is 92.3 Å². The minimum absolute atomic E-state index is 0.105. The number of anilines is 1. The van der Waals surface area contributed by atoms with Crippen molar-refractivity contribution in [1.29, 1.82) is 0 Å². The number of sulfonamides is 2. The van der Waals surface area contributed by atoms with Crippen molar-refractivity contribution in [2.75, 3.05) is 4.72 Å². The second-order valence-electron chi connectivity index (χ2n) is 8.19. The van der Waals surface area contributed by atoms with Gasteiger partial charge in [0.2, 0.25) is 10.0 Å². The molecule has 2 bridgehead atoms. The normalized spacial score (nSPS) is 25.1. The van der Waals surface area contributed by atoms with Gasteiger partial charge < -0.3 is 0 Å². The highest BCUT2D eigenvalue weighted by Crippen LogP contribution is 2.49. The summed E-state index contributed by atoms with van der Waals surface area (Å²) >= 11 is 0. The molecule has 0 unspecified atom stereocenters. The molecule has 156 valence electrons. The standard InChI is InChI=1S/C21H26N2O4S2/c1-15(21-14-16-7-8-17(21)13-16)22-28(24,25)20-11-9-18(10-12-20)23-29(26,27)19-5-3-2-4-6-19/h2-6,9-12,15-17,21-23H,7-8,13-14H2,1H3/t15-,16+,17+,21+/m0/s1. The lowest BCUT2D eigenvalue weighted by atomic mass is 9.84. The van der Waals surface area contributed by atoms with Crippen molar-refractivity contribution in [3.63, 3.8) is 0 Å². The Morgan fingerprint density at radius 2 is 1.48 bits per heavy atom. The van der Waals surface area contributed by atoms with Gasteiger partial charge in [0, 0.05) is 11.7 Å². The van der Waals surface area contributed by atoms with Gasteiger partial charge >= 0.3 is 0 Å². The summed E-state index contributed by atoms with van der Waals surface area (Å²) in [5, 5.41) is 0. The van der Waals surface area contributed by atoms with Gasteiger partial charge in [-0.2, -0.15) is 0 Å². The van der Waals surface area contributed by atoms with E-state index in [1.807, 2.05) is 6.92 Å². The SMILES string of the molecule is C[C@H](NS(=O)(=O)c1ccc(NS(=O)(=O)c2ccccc2)cc1)[C@H]1C[C@@H]2CC[C@@H]1C2. The molecule has 0 heterocycles. The maximum Gasteiger partial charge on any atom is 0.261 e. The predicted octanol–water partition coefficient (Wildman–Crippen LogP) is 3.59. The fourth-order valence-electron chi connectivity index (χ4n) is 4.82. The molecule has 8 heteroatoms. The van der Waals surface area contributed by atoms with Crippen molar-refractivity contribution in [3.8, 4) is 0 Å². The van der Waals surface area contributed by atoms with E-state index in [1.54, 1.807) is 18.2 Å². The summed E-state index contributed by atoms with van der Waals surface area (Å²) in [4.78, 5) is 0.285. The summed E-state index contributed by atoms with van der Waals surface area (Å²) in [5.74, 6) is 1.79. The van der Waals surface area contributed by atoms with E-state index in [0.717, 1.165) is 12.3 Å². The van der Waals surface area contributed by atoms with Crippen LogP contribution in [0.15, 0.2) is 64.4 Å². The van der Waals surface area contributed by atoms with Crippen LogP contribution in [0.3, 0.4) is 0 Å². The van der Waals surface area contributed by atoms with Crippen molar-refractivity contribution in [2.24, 2.45) is 17.8 Å². The van der Waals surface area contributed by atoms with E-state index in [4.69, 9.17) is 0 Å². The van der Waals surface area contributed by atoms with E-state index in [1.165, 1.54) is 55.7 Å². The lowest BCUT2D eigenvalue weighted by molar-refractivity contribution is 0.280. The van der Waals surface area contributed by atoms with E-state index in [9.17, 15) is 16.8 Å². The molecule has 2 aliphatic rings. The molecule has 2 aliphatic carbocycles. The summed E-state index contributed by atoms with van der Waals surface area (Å²) in [5.41, 5.74) is 0.314. The molecule has 0 aliphatic heterocycles. The number of nitrogens with one attached hydrogen (secondary N) is 2. The molecule has 0 amide bonds. The summed E-state index contributed by atoms with van der Waals surface area (Å²) in [6.45, 7) is 1.95. The average molecular weight is 435 g/mol. The van der Waals surface area contributed by atoms with Crippen molar-refractivity contribution in [3.05, 3.63) is 54.6 Å². The van der Waals surface area contributed by atoms with E-state index >= 15 is 0 Å². The van der Waals surface area contributed by atoms with Gasteiger partial charge in [0.15, 0.2) is 0 Å². The number of hydrogen-bond acceptors (Lipinski definition) is 4. The molecule has 0 spiro atoms. The smallest absolute Gasteiger partial charge is 0.261 e. The fraction of sp³-hybridized carbons (Fsp3) is 0.429. The summed E-state index contributed by atoms with van der Waals surface area (Å²) < 4.78 is 55.6. The first-order valence-corrected chi connectivity index (χ1v) is 12.9. The molecule has 6 nitrogen and oxygen atoms in total. The van der Waals surface area contributed by atoms with Gasteiger partial charge in [-0.3, -0.25) is 4.72 Å². The first kappa shape index (κ1) is 20.4. The summed E-state index contributed by atoms with van der Waals surface area (Å²) in [7, 11) is -7.37. The first-order chi connectivity index (χ1) is 13.7. The van der Waals surface area contributed by atoms with E-state index < -0.39 is 20.0 Å². The molecular weight excluding hydrogens is 408 g/mol. The van der Waals surface area contributed by atoms with Crippen LogP contribution in [0.1, 0.15) is 32.6 Å². The monoisotopic (exact) mass is 434 g/mol. The summed E-state index contributed by atoms with van der Waals surface area (Å²) in [6, 6.07) is 13.7. The quantitative estimate of drug-likeness (QED) is 0.697. The van der Waals surface area contributed by atoms with Crippen LogP contribution < -0.4 is 9.44 Å². The van der Waals surface area contributed by atoms with Gasteiger partial charge in [-0.15, -0.1) is 0 Å². The molecule has 2 fully saturated rings. The molecule has 4 rings (SSSR count). The molecule has 0 aromatic heterocycles. The van der Waals surface area contributed by atoms with E-state index in [0.29, 0.717) is 17.5 Å². The van der Waals surface area contributed by atoms with Crippen LogP contribution >= 0.6 is 0 Å². The lowest BCUT2D eigenvalue weighted by Gasteiger charge is -2.28. The Hall–Kier alpha value is -1.90. The third-order valence-electron chi connectivity index (χ3n) is 6.25. The van der Waals surface area contributed by atoms with Gasteiger partial charge in [0.25, 0.3) is 10.0 Å². The molecule has 2 N–H and O–H groups in total. The molecule has 0 radical (unpaired) electrons. The highest BCUT2D eigenvalue weighted by atomic mass is 32.2. The van der Waals surface area contributed by atoms with Crippen LogP contribution in [0.2, 0.25) is 0 Å². The van der Waals surface area contributed by atoms with Crippen LogP contribution in [0.4, 0.5) is 5.69 Å². The summed E-state index contributed by atoms with van der Waals surface area (Å²) in [6.07, 6.45) is 4.82. The average Bonchev–Trinajstić information content (AvgIpc) is 3.32. The number of fused-ring (bicyclic) bond motifs is 2. The minimum atomic E-state index is -3.71. The molecule has 29 heavy (non-hydrogen) atoms. The Morgan fingerprint density at radius 3 is 2.07 bits per heavy atom. The van der Waals surface area contributed by atoms with Crippen molar-refractivity contribution < 1.29 is 16.8 Å². The van der Waals surface area contributed by atoms with Gasteiger partial charge in [0.05, 0.1) is 9.79 Å². The second-order valence-corrected chi connectivity index (χ2v) is 11.6. The number of hydrogen-bond donors (Lipinski definition) is 2. The Labute approximate surface area is 172 Å². The van der Waals surface area contributed by atoms with Crippen LogP contribution in [0.25, 0.3) is 0 Å². The number of benzene rings is 2. The zero-order chi connectivity index (χ0) is 20.6. The fourth-order valence-corrected chi connectivity index (χ4v) is 7.20. The molecular formula is C21H26N2O4S2. The molecule has 4 atom stereocenters. The van der Waals surface area contributed by atoms with Crippen LogP contribution in [-0.2, 0) is 20.0 Å². The van der Waals surface area contributed by atoms with Crippen molar-refractivity contribution in [2.45, 2.75) is 48.4 Å². The largest absolute Gasteiger partial charge is 0.280 e. The van der Waals surface area contributed by atoms with Crippen LogP contribution in [0.5, 0.6) is 0 Å². The molecule has 2 saturated carbocycles. The first-order valence-electron chi connectivity index (χ1n) is 9.95. The zero-order valence-electron chi connectivity index (χ0n) is 16.3. The Bertz CT molecular complexity index is 1070. The third kappa shape index (κ3) is 4.34. The van der Waals surface area contributed by atoms with Crippen molar-refractivity contribution in [1.82, 2.24) is 4.72 Å². The maximum atomic E-state index is 12.8. The highest BCUT2D eigenvalue weighted by Gasteiger charge is 2.42. The zero-order valence-corrected chi connectivity index (χ0v) is 17.9. The Morgan fingerprint density at radius 1 is 0.828 bits per heavy atom. The maximum absolute atomic E-state index is 12.8. The van der Waals surface area contributed by atoms with Gasteiger partial charge in [-0.05, 0) is 80.3 Å². The Balaban J connectivity index is 1.44. The number of rotatable bonds is 7. The lowest BCUT2D eigenvalue weighted by Crippen LogP contribution is -2.40. The molecule has 2 aromatic carbocycles.